The summed E-state index contributed by atoms with van der Waals surface area (Å²) in [5.74, 6) is 1.25. The van der Waals surface area contributed by atoms with E-state index in [4.69, 9.17) is 0 Å². The molecule has 0 radical (unpaired) electrons. The highest BCUT2D eigenvalue weighted by Crippen LogP contribution is 2.25. The summed E-state index contributed by atoms with van der Waals surface area (Å²) in [6.45, 7) is 4.54. The standard InChI is InChI=1S/C24H34S/c1-3-5-7-8-10-20-25-24-18-16-23(17-19-24)22-14-12-21(13-15-22)11-9-6-4-2/h12-19H,3-11,20H2,1-2H3. The molecule has 0 N–H and O–H groups in total. The summed E-state index contributed by atoms with van der Waals surface area (Å²) in [6, 6.07) is 18.2. The molecule has 2 aromatic carbocycles. The number of aryl methyl sites for hydroxylation is 1. The second-order valence-electron chi connectivity index (χ2n) is 6.94. The van der Waals surface area contributed by atoms with Gasteiger partial charge >= 0.3 is 0 Å². The van der Waals surface area contributed by atoms with Crippen LogP contribution in [0.25, 0.3) is 11.1 Å². The van der Waals surface area contributed by atoms with E-state index < -0.39 is 0 Å². The Kier molecular flexibility index (Phi) is 9.81. The first-order chi connectivity index (χ1) is 12.3. The van der Waals surface area contributed by atoms with Crippen molar-refractivity contribution in [1.82, 2.24) is 0 Å². The molecule has 0 atom stereocenters. The normalized spacial score (nSPS) is 11.0. The van der Waals surface area contributed by atoms with Crippen molar-refractivity contribution in [2.45, 2.75) is 76.5 Å². The lowest BCUT2D eigenvalue weighted by atomic mass is 10.0. The minimum atomic E-state index is 1.21. The van der Waals surface area contributed by atoms with Crippen LogP contribution in [0.3, 0.4) is 0 Å². The minimum Gasteiger partial charge on any atom is -0.126 e. The van der Waals surface area contributed by atoms with Gasteiger partial charge in [-0.25, -0.2) is 0 Å². The molecule has 0 heterocycles. The van der Waals surface area contributed by atoms with Crippen molar-refractivity contribution < 1.29 is 0 Å². The molecule has 2 aromatic rings. The lowest BCUT2D eigenvalue weighted by molar-refractivity contribution is 0.659. The summed E-state index contributed by atoms with van der Waals surface area (Å²) in [5.41, 5.74) is 4.12. The summed E-state index contributed by atoms with van der Waals surface area (Å²) < 4.78 is 0. The summed E-state index contributed by atoms with van der Waals surface area (Å²) in [4.78, 5) is 1.40. The van der Waals surface area contributed by atoms with Crippen LogP contribution in [-0.4, -0.2) is 5.75 Å². The van der Waals surface area contributed by atoms with Crippen LogP contribution in [0.2, 0.25) is 0 Å². The smallest absolute Gasteiger partial charge is 0.00723 e. The van der Waals surface area contributed by atoms with E-state index in [-0.39, 0.29) is 0 Å². The molecule has 0 fully saturated rings. The van der Waals surface area contributed by atoms with Crippen molar-refractivity contribution in [3.63, 3.8) is 0 Å². The topological polar surface area (TPSA) is 0 Å². The molecule has 0 aromatic heterocycles. The first kappa shape index (κ1) is 20.1. The maximum Gasteiger partial charge on any atom is 0.00723 e. The average Bonchev–Trinajstić information content (AvgIpc) is 2.66. The van der Waals surface area contributed by atoms with Crippen LogP contribution in [0.4, 0.5) is 0 Å². The molecular formula is C24H34S. The highest BCUT2D eigenvalue weighted by atomic mass is 32.2. The Morgan fingerprint density at radius 1 is 0.600 bits per heavy atom. The average molecular weight is 355 g/mol. The molecule has 0 amide bonds. The quantitative estimate of drug-likeness (QED) is 0.274. The Morgan fingerprint density at radius 3 is 1.80 bits per heavy atom. The van der Waals surface area contributed by atoms with Crippen molar-refractivity contribution in [3.05, 3.63) is 54.1 Å². The molecule has 0 aliphatic rings. The Hall–Kier alpha value is -1.21. The van der Waals surface area contributed by atoms with Gasteiger partial charge in [-0.2, -0.15) is 0 Å². The van der Waals surface area contributed by atoms with E-state index in [2.05, 4.69) is 62.4 Å². The summed E-state index contributed by atoms with van der Waals surface area (Å²) in [5, 5.41) is 0. The van der Waals surface area contributed by atoms with Crippen LogP contribution in [0.1, 0.15) is 70.8 Å². The summed E-state index contributed by atoms with van der Waals surface area (Å²) in [7, 11) is 0. The predicted molar refractivity (Wildman–Crippen MR) is 115 cm³/mol. The largest absolute Gasteiger partial charge is 0.126 e. The SMILES string of the molecule is CCCCCCCSc1ccc(-c2ccc(CCCCC)cc2)cc1. The van der Waals surface area contributed by atoms with Crippen molar-refractivity contribution in [1.29, 1.82) is 0 Å². The molecule has 0 aliphatic carbocycles. The van der Waals surface area contributed by atoms with Crippen molar-refractivity contribution in [2.24, 2.45) is 0 Å². The zero-order valence-corrected chi connectivity index (χ0v) is 16.9. The van der Waals surface area contributed by atoms with E-state index in [1.807, 2.05) is 11.8 Å². The third-order valence-corrected chi connectivity index (χ3v) is 5.83. The maximum atomic E-state index is 2.30. The fraction of sp³-hybridized carbons (Fsp3) is 0.500. The Morgan fingerprint density at radius 2 is 1.16 bits per heavy atom. The fourth-order valence-electron chi connectivity index (χ4n) is 3.08. The monoisotopic (exact) mass is 354 g/mol. The van der Waals surface area contributed by atoms with Gasteiger partial charge in [-0.15, -0.1) is 11.8 Å². The molecule has 0 nitrogen and oxygen atoms in total. The number of hydrogen-bond acceptors (Lipinski definition) is 1. The molecule has 25 heavy (non-hydrogen) atoms. The molecule has 136 valence electrons. The number of unbranched alkanes of at least 4 members (excludes halogenated alkanes) is 6. The first-order valence-electron chi connectivity index (χ1n) is 10.2. The van der Waals surface area contributed by atoms with Crippen LogP contribution in [-0.2, 0) is 6.42 Å². The number of benzene rings is 2. The van der Waals surface area contributed by atoms with E-state index in [1.165, 1.54) is 85.1 Å². The molecule has 0 spiro atoms. The highest BCUT2D eigenvalue weighted by molar-refractivity contribution is 7.99. The Bertz CT molecular complexity index is 568. The van der Waals surface area contributed by atoms with E-state index in [0.29, 0.717) is 0 Å². The predicted octanol–water partition coefficient (Wildman–Crippen LogP) is 8.15. The second kappa shape index (κ2) is 12.2. The van der Waals surface area contributed by atoms with Gasteiger partial charge in [-0.05, 0) is 53.8 Å². The number of hydrogen-bond donors (Lipinski definition) is 0. The summed E-state index contributed by atoms with van der Waals surface area (Å²) in [6.07, 6.45) is 12.0. The lowest BCUT2D eigenvalue weighted by Gasteiger charge is -2.06. The van der Waals surface area contributed by atoms with Crippen LogP contribution in [0.15, 0.2) is 53.4 Å². The third kappa shape index (κ3) is 7.69. The number of rotatable bonds is 12. The first-order valence-corrected chi connectivity index (χ1v) is 11.1. The van der Waals surface area contributed by atoms with Gasteiger partial charge in [-0.3, -0.25) is 0 Å². The highest BCUT2D eigenvalue weighted by Gasteiger charge is 2.00. The fourth-order valence-corrected chi connectivity index (χ4v) is 3.99. The Labute approximate surface area is 159 Å². The molecule has 0 saturated carbocycles. The maximum absolute atomic E-state index is 2.30. The van der Waals surface area contributed by atoms with Crippen molar-refractivity contribution in [3.8, 4) is 11.1 Å². The lowest BCUT2D eigenvalue weighted by Crippen LogP contribution is -1.86. The molecular weight excluding hydrogens is 320 g/mol. The van der Waals surface area contributed by atoms with Gasteiger partial charge in [0.15, 0.2) is 0 Å². The van der Waals surface area contributed by atoms with Gasteiger partial charge in [0.25, 0.3) is 0 Å². The molecule has 0 bridgehead atoms. The second-order valence-corrected chi connectivity index (χ2v) is 8.11. The van der Waals surface area contributed by atoms with Crippen LogP contribution in [0, 0.1) is 0 Å². The van der Waals surface area contributed by atoms with Gasteiger partial charge in [0.2, 0.25) is 0 Å². The van der Waals surface area contributed by atoms with Crippen molar-refractivity contribution >= 4 is 11.8 Å². The van der Waals surface area contributed by atoms with E-state index >= 15 is 0 Å². The van der Waals surface area contributed by atoms with E-state index in [1.54, 1.807) is 0 Å². The zero-order chi connectivity index (χ0) is 17.7. The molecule has 0 aliphatic heterocycles. The molecule has 0 unspecified atom stereocenters. The van der Waals surface area contributed by atoms with Gasteiger partial charge in [0, 0.05) is 4.90 Å². The molecule has 2 rings (SSSR count). The van der Waals surface area contributed by atoms with Crippen LogP contribution >= 0.6 is 11.8 Å². The van der Waals surface area contributed by atoms with Gasteiger partial charge in [0.1, 0.15) is 0 Å². The van der Waals surface area contributed by atoms with E-state index in [0.717, 1.165) is 0 Å². The number of thioether (sulfide) groups is 1. The van der Waals surface area contributed by atoms with Crippen LogP contribution < -0.4 is 0 Å². The Balaban J connectivity index is 1.79. The molecule has 0 saturated heterocycles. The summed E-state index contributed by atoms with van der Waals surface area (Å²) >= 11 is 2.00. The van der Waals surface area contributed by atoms with Crippen LogP contribution in [0.5, 0.6) is 0 Å². The van der Waals surface area contributed by atoms with Gasteiger partial charge in [-0.1, -0.05) is 88.8 Å². The molecule has 1 heteroatoms. The van der Waals surface area contributed by atoms with Gasteiger partial charge < -0.3 is 0 Å². The minimum absolute atomic E-state index is 1.21. The third-order valence-electron chi connectivity index (χ3n) is 4.73. The van der Waals surface area contributed by atoms with E-state index in [9.17, 15) is 0 Å². The zero-order valence-electron chi connectivity index (χ0n) is 16.1. The van der Waals surface area contributed by atoms with Gasteiger partial charge in [0.05, 0.1) is 0 Å². The van der Waals surface area contributed by atoms with Crippen molar-refractivity contribution in [2.75, 3.05) is 5.75 Å².